The van der Waals surface area contributed by atoms with E-state index in [4.69, 9.17) is 5.11 Å². The average molecular weight is 251 g/mol. The van der Waals surface area contributed by atoms with Gasteiger partial charge in [0.25, 0.3) is 0 Å². The van der Waals surface area contributed by atoms with E-state index < -0.39 is 0 Å². The predicted octanol–water partition coefficient (Wildman–Crippen LogP) is 1.79. The fraction of sp³-hybridized carbons (Fsp3) is 0.643. The topological polar surface area (TPSA) is 48.4 Å². The molecule has 0 amide bonds. The lowest BCUT2D eigenvalue weighted by molar-refractivity contribution is 0.301. The number of nitrogens with zero attached hydrogens (tertiary/aromatic N) is 2. The molecule has 0 aliphatic heterocycles. The molecule has 0 saturated carbocycles. The highest BCUT2D eigenvalue weighted by atomic mass is 16.3. The molecule has 0 aromatic carbocycles. The zero-order valence-corrected chi connectivity index (χ0v) is 11.7. The van der Waals surface area contributed by atoms with Gasteiger partial charge in [0.2, 0.25) is 0 Å². The minimum Gasteiger partial charge on any atom is -0.395 e. The van der Waals surface area contributed by atoms with Gasteiger partial charge in [0.15, 0.2) is 0 Å². The largest absolute Gasteiger partial charge is 0.395 e. The van der Waals surface area contributed by atoms with Gasteiger partial charge in [-0.1, -0.05) is 26.8 Å². The highest BCUT2D eigenvalue weighted by Crippen LogP contribution is 2.17. The minimum atomic E-state index is 0.160. The normalized spacial score (nSPS) is 10.9. The Morgan fingerprint density at radius 3 is 2.78 bits per heavy atom. The molecule has 0 spiro atoms. The number of aromatic nitrogens is 1. The van der Waals surface area contributed by atoms with Gasteiger partial charge >= 0.3 is 0 Å². The second-order valence-electron chi connectivity index (χ2n) is 4.73. The van der Waals surface area contributed by atoms with Crippen molar-refractivity contribution in [2.45, 2.75) is 39.8 Å². The number of pyridine rings is 1. The van der Waals surface area contributed by atoms with E-state index in [-0.39, 0.29) is 6.61 Å². The summed E-state index contributed by atoms with van der Waals surface area (Å²) in [6, 6.07) is 4.51. The highest BCUT2D eigenvalue weighted by molar-refractivity contribution is 5.46. The number of anilines is 1. The van der Waals surface area contributed by atoms with Gasteiger partial charge < -0.3 is 15.3 Å². The van der Waals surface area contributed by atoms with Crippen molar-refractivity contribution < 1.29 is 5.11 Å². The molecule has 1 aromatic heterocycles. The third-order valence-corrected chi connectivity index (χ3v) is 2.73. The van der Waals surface area contributed by atoms with Gasteiger partial charge in [-0.3, -0.25) is 0 Å². The van der Waals surface area contributed by atoms with E-state index in [1.807, 2.05) is 12.3 Å². The van der Waals surface area contributed by atoms with E-state index in [1.54, 1.807) is 0 Å². The number of hydrogen-bond donors (Lipinski definition) is 2. The number of nitrogens with one attached hydrogen (secondary N) is 1. The third kappa shape index (κ3) is 4.63. The van der Waals surface area contributed by atoms with Crippen molar-refractivity contribution in [1.29, 1.82) is 0 Å². The molecule has 0 aliphatic rings. The first-order valence-corrected chi connectivity index (χ1v) is 6.72. The summed E-state index contributed by atoms with van der Waals surface area (Å²) >= 11 is 0. The standard InChI is InChI=1S/C14H25N3O/c1-4-8-17(9-10-18)14-13(6-5-7-15-14)11-16-12(2)3/h5-7,12,16,18H,4,8-11H2,1-3H3. The Morgan fingerprint density at radius 2 is 2.17 bits per heavy atom. The summed E-state index contributed by atoms with van der Waals surface area (Å²) in [5, 5.41) is 12.6. The summed E-state index contributed by atoms with van der Waals surface area (Å²) in [5.41, 5.74) is 1.19. The molecule has 0 fully saturated rings. The fourth-order valence-corrected chi connectivity index (χ4v) is 1.88. The van der Waals surface area contributed by atoms with Gasteiger partial charge in [-0.05, 0) is 12.5 Å². The molecule has 0 atom stereocenters. The van der Waals surface area contributed by atoms with Crippen molar-refractivity contribution in [3.05, 3.63) is 23.9 Å². The Balaban J connectivity index is 2.83. The van der Waals surface area contributed by atoms with E-state index in [0.717, 1.165) is 25.3 Å². The Bertz CT molecular complexity index is 336. The van der Waals surface area contributed by atoms with Crippen LogP contribution in [-0.4, -0.2) is 35.8 Å². The smallest absolute Gasteiger partial charge is 0.133 e. The maximum atomic E-state index is 9.15. The van der Waals surface area contributed by atoms with E-state index >= 15 is 0 Å². The minimum absolute atomic E-state index is 0.160. The van der Waals surface area contributed by atoms with E-state index in [2.05, 4.69) is 42.0 Å². The van der Waals surface area contributed by atoms with Crippen LogP contribution < -0.4 is 10.2 Å². The van der Waals surface area contributed by atoms with E-state index in [0.29, 0.717) is 12.6 Å². The monoisotopic (exact) mass is 251 g/mol. The quantitative estimate of drug-likeness (QED) is 0.739. The Hall–Kier alpha value is -1.13. The molecule has 1 rings (SSSR count). The molecular formula is C14H25N3O. The molecule has 1 aromatic rings. The molecule has 0 bridgehead atoms. The van der Waals surface area contributed by atoms with Crippen LogP contribution in [0.3, 0.4) is 0 Å². The Morgan fingerprint density at radius 1 is 1.39 bits per heavy atom. The van der Waals surface area contributed by atoms with Crippen molar-refractivity contribution in [3.8, 4) is 0 Å². The molecule has 2 N–H and O–H groups in total. The van der Waals surface area contributed by atoms with Crippen molar-refractivity contribution in [2.75, 3.05) is 24.6 Å². The first-order valence-electron chi connectivity index (χ1n) is 6.72. The highest BCUT2D eigenvalue weighted by Gasteiger charge is 2.11. The molecule has 4 nitrogen and oxygen atoms in total. The SMILES string of the molecule is CCCN(CCO)c1ncccc1CNC(C)C. The van der Waals surface area contributed by atoms with Crippen LogP contribution >= 0.6 is 0 Å². The van der Waals surface area contributed by atoms with Gasteiger partial charge in [0.05, 0.1) is 6.61 Å². The van der Waals surface area contributed by atoms with Gasteiger partial charge in [-0.2, -0.15) is 0 Å². The maximum Gasteiger partial charge on any atom is 0.133 e. The lowest BCUT2D eigenvalue weighted by Crippen LogP contribution is -2.30. The Labute approximate surface area is 110 Å². The number of aliphatic hydroxyl groups excluding tert-OH is 1. The number of rotatable bonds is 8. The first-order chi connectivity index (χ1) is 8.69. The van der Waals surface area contributed by atoms with Crippen molar-refractivity contribution in [3.63, 3.8) is 0 Å². The second kappa shape index (κ2) is 8.06. The molecule has 0 radical (unpaired) electrons. The van der Waals surface area contributed by atoms with Crippen LogP contribution in [0.5, 0.6) is 0 Å². The molecular weight excluding hydrogens is 226 g/mol. The molecule has 4 heteroatoms. The first kappa shape index (κ1) is 14.9. The molecule has 0 aliphatic carbocycles. The van der Waals surface area contributed by atoms with Crippen molar-refractivity contribution in [1.82, 2.24) is 10.3 Å². The zero-order valence-electron chi connectivity index (χ0n) is 11.7. The van der Waals surface area contributed by atoms with Gasteiger partial charge in [0.1, 0.15) is 5.82 Å². The van der Waals surface area contributed by atoms with Gasteiger partial charge in [-0.25, -0.2) is 4.98 Å². The fourth-order valence-electron chi connectivity index (χ4n) is 1.88. The maximum absolute atomic E-state index is 9.15. The summed E-state index contributed by atoms with van der Waals surface area (Å²) in [5.74, 6) is 0.988. The molecule has 0 saturated heterocycles. The predicted molar refractivity (Wildman–Crippen MR) is 75.8 cm³/mol. The lowest BCUT2D eigenvalue weighted by Gasteiger charge is -2.25. The zero-order chi connectivity index (χ0) is 13.4. The van der Waals surface area contributed by atoms with Crippen molar-refractivity contribution >= 4 is 5.82 Å². The summed E-state index contributed by atoms with van der Waals surface area (Å²) in [4.78, 5) is 6.62. The molecule has 1 heterocycles. The third-order valence-electron chi connectivity index (χ3n) is 2.73. The van der Waals surface area contributed by atoms with Crippen LogP contribution in [0.4, 0.5) is 5.82 Å². The van der Waals surface area contributed by atoms with E-state index in [9.17, 15) is 0 Å². The Kier molecular flexibility index (Phi) is 6.68. The van der Waals surface area contributed by atoms with Gasteiger partial charge in [0, 0.05) is 37.4 Å². The van der Waals surface area contributed by atoms with Crippen molar-refractivity contribution in [2.24, 2.45) is 0 Å². The number of hydrogen-bond acceptors (Lipinski definition) is 4. The average Bonchev–Trinajstić information content (AvgIpc) is 2.36. The van der Waals surface area contributed by atoms with Gasteiger partial charge in [-0.15, -0.1) is 0 Å². The van der Waals surface area contributed by atoms with Crippen LogP contribution in [-0.2, 0) is 6.54 Å². The van der Waals surface area contributed by atoms with Crippen LogP contribution in [0.25, 0.3) is 0 Å². The summed E-state index contributed by atoms with van der Waals surface area (Å²) in [6.07, 6.45) is 2.86. The van der Waals surface area contributed by atoms with Crippen LogP contribution in [0.2, 0.25) is 0 Å². The second-order valence-corrected chi connectivity index (χ2v) is 4.73. The molecule has 18 heavy (non-hydrogen) atoms. The van der Waals surface area contributed by atoms with Crippen LogP contribution in [0.1, 0.15) is 32.8 Å². The lowest BCUT2D eigenvalue weighted by atomic mass is 10.2. The summed E-state index contributed by atoms with van der Waals surface area (Å²) in [7, 11) is 0. The van der Waals surface area contributed by atoms with Crippen LogP contribution in [0.15, 0.2) is 18.3 Å². The molecule has 0 unspecified atom stereocenters. The summed E-state index contributed by atoms with van der Waals surface area (Å²) in [6.45, 7) is 8.94. The number of aliphatic hydroxyl groups is 1. The van der Waals surface area contributed by atoms with Crippen LogP contribution in [0, 0.1) is 0 Å². The molecule has 102 valence electrons. The van der Waals surface area contributed by atoms with E-state index in [1.165, 1.54) is 5.56 Å². The summed E-state index contributed by atoms with van der Waals surface area (Å²) < 4.78 is 0.